The predicted octanol–water partition coefficient (Wildman–Crippen LogP) is 5.08. The number of imidazole rings is 1. The van der Waals surface area contributed by atoms with E-state index >= 15 is 0 Å². The summed E-state index contributed by atoms with van der Waals surface area (Å²) in [7, 11) is -1.94. The Kier molecular flexibility index (Phi) is 6.84. The van der Waals surface area contributed by atoms with Gasteiger partial charge in [-0.1, -0.05) is 45.0 Å². The molecule has 2 heterocycles. The first kappa shape index (κ1) is 24.7. The minimum atomic E-state index is -1.94. The minimum absolute atomic E-state index is 0.0963. The number of fused-ring (bicyclic) bond motifs is 1. The zero-order chi connectivity index (χ0) is 25.2. The molecule has 182 valence electrons. The van der Waals surface area contributed by atoms with Crippen molar-refractivity contribution in [3.8, 4) is 5.69 Å². The second-order valence-electron chi connectivity index (χ2n) is 10.0. The Morgan fingerprint density at radius 3 is 2.46 bits per heavy atom. The summed E-state index contributed by atoms with van der Waals surface area (Å²) in [6.07, 6.45) is 3.05. The van der Waals surface area contributed by atoms with Gasteiger partial charge in [-0.3, -0.25) is 9.36 Å². The fraction of sp³-hybridized carbons (Fsp3) is 0.308. The lowest BCUT2D eigenvalue weighted by Crippen LogP contribution is -2.40. The van der Waals surface area contributed by atoms with Crippen molar-refractivity contribution in [1.82, 2.24) is 19.5 Å². The molecule has 0 aliphatic heterocycles. The maximum atomic E-state index is 12.6. The van der Waals surface area contributed by atoms with E-state index in [9.17, 15) is 9.90 Å². The van der Waals surface area contributed by atoms with Crippen LogP contribution in [0.1, 0.15) is 42.3 Å². The predicted molar refractivity (Wildman–Crippen MR) is 139 cm³/mol. The van der Waals surface area contributed by atoms with E-state index in [1.165, 1.54) is 6.33 Å². The van der Waals surface area contributed by atoms with Gasteiger partial charge in [-0.05, 0) is 53.5 Å². The summed E-state index contributed by atoms with van der Waals surface area (Å²) in [6.45, 7) is 11.4. The smallest absolute Gasteiger partial charge is 0.256 e. The Labute approximate surface area is 206 Å². The van der Waals surface area contributed by atoms with Crippen molar-refractivity contribution in [1.29, 1.82) is 0 Å². The highest BCUT2D eigenvalue weighted by molar-refractivity contribution is 6.74. The molecule has 0 aliphatic carbocycles. The number of amides is 1. The lowest BCUT2D eigenvalue weighted by Gasteiger charge is -2.36. The normalized spacial score (nSPS) is 12.2. The number of anilines is 1. The maximum absolute atomic E-state index is 12.6. The largest absolute Gasteiger partial charge is 0.413 e. The molecule has 4 aromatic rings. The van der Waals surface area contributed by atoms with Crippen molar-refractivity contribution in [2.24, 2.45) is 0 Å². The summed E-state index contributed by atoms with van der Waals surface area (Å²) in [4.78, 5) is 25.8. The molecule has 35 heavy (non-hydrogen) atoms. The number of aliphatic hydroxyl groups is 1. The highest BCUT2D eigenvalue weighted by Gasteiger charge is 2.37. The van der Waals surface area contributed by atoms with E-state index in [-0.39, 0.29) is 17.6 Å². The average molecular weight is 490 g/mol. The van der Waals surface area contributed by atoms with E-state index in [4.69, 9.17) is 4.43 Å². The van der Waals surface area contributed by atoms with E-state index in [1.807, 2.05) is 28.8 Å². The maximum Gasteiger partial charge on any atom is 0.256 e. The standard InChI is InChI=1S/C26H31N5O3Si/c1-26(2,3)35(4,5)34-15-19-11-18(14-32)12-21(13-19)31-17-29-22-23(27-16-28-24(22)31)30-25(33)20-9-7-6-8-10-20/h6-13,16-17,32H,14-15H2,1-5H3,(H,27,28,30,33). The number of nitrogens with zero attached hydrogens (tertiary/aromatic N) is 4. The van der Waals surface area contributed by atoms with E-state index in [0.717, 1.165) is 16.8 Å². The van der Waals surface area contributed by atoms with Crippen LogP contribution in [-0.2, 0) is 17.6 Å². The number of hydrogen-bond acceptors (Lipinski definition) is 6. The molecule has 1 amide bonds. The van der Waals surface area contributed by atoms with Gasteiger partial charge in [0, 0.05) is 11.3 Å². The van der Waals surface area contributed by atoms with Crippen LogP contribution < -0.4 is 5.32 Å². The lowest BCUT2D eigenvalue weighted by molar-refractivity contribution is 0.102. The number of nitrogens with one attached hydrogen (secondary N) is 1. The van der Waals surface area contributed by atoms with Crippen LogP contribution in [0, 0.1) is 0 Å². The van der Waals surface area contributed by atoms with Crippen molar-refractivity contribution < 1.29 is 14.3 Å². The van der Waals surface area contributed by atoms with Crippen LogP contribution in [0.3, 0.4) is 0 Å². The summed E-state index contributed by atoms with van der Waals surface area (Å²) in [6, 6.07) is 14.8. The van der Waals surface area contributed by atoms with Crippen molar-refractivity contribution in [3.63, 3.8) is 0 Å². The van der Waals surface area contributed by atoms with Crippen LogP contribution in [0.2, 0.25) is 18.1 Å². The van der Waals surface area contributed by atoms with E-state index in [0.29, 0.717) is 29.2 Å². The van der Waals surface area contributed by atoms with Crippen LogP contribution in [0.25, 0.3) is 16.9 Å². The van der Waals surface area contributed by atoms with Crippen molar-refractivity contribution in [3.05, 3.63) is 77.9 Å². The third-order valence-electron chi connectivity index (χ3n) is 6.51. The zero-order valence-electron chi connectivity index (χ0n) is 20.7. The number of aliphatic hydroxyl groups excluding tert-OH is 1. The molecule has 8 nitrogen and oxygen atoms in total. The Balaban J connectivity index is 1.66. The average Bonchev–Trinajstić information content (AvgIpc) is 3.28. The van der Waals surface area contributed by atoms with Gasteiger partial charge in [-0.15, -0.1) is 0 Å². The van der Waals surface area contributed by atoms with Crippen LogP contribution in [0.4, 0.5) is 5.82 Å². The lowest BCUT2D eigenvalue weighted by atomic mass is 10.1. The van der Waals surface area contributed by atoms with Crippen molar-refractivity contribution in [2.45, 2.75) is 52.1 Å². The van der Waals surface area contributed by atoms with Gasteiger partial charge in [0.25, 0.3) is 5.91 Å². The SMILES string of the molecule is CC(C)(C)[Si](C)(C)OCc1cc(CO)cc(-n2cnc3c(NC(=O)c4ccccc4)ncnc32)c1. The molecule has 0 atom stereocenters. The molecule has 0 spiro atoms. The highest BCUT2D eigenvalue weighted by atomic mass is 28.4. The summed E-state index contributed by atoms with van der Waals surface area (Å²) < 4.78 is 8.23. The van der Waals surface area contributed by atoms with Gasteiger partial charge in [0.15, 0.2) is 25.3 Å². The fourth-order valence-corrected chi connectivity index (χ4v) is 4.38. The Hall–Kier alpha value is -3.40. The summed E-state index contributed by atoms with van der Waals surface area (Å²) in [5.74, 6) is 0.0647. The number of carbonyl (C=O) groups excluding carboxylic acids is 1. The molecular weight excluding hydrogens is 458 g/mol. The van der Waals surface area contributed by atoms with Gasteiger partial charge >= 0.3 is 0 Å². The molecule has 2 N–H and O–H groups in total. The number of hydrogen-bond donors (Lipinski definition) is 2. The molecule has 0 fully saturated rings. The molecule has 0 radical (unpaired) electrons. The first-order chi connectivity index (χ1) is 16.6. The highest BCUT2D eigenvalue weighted by Crippen LogP contribution is 2.37. The first-order valence-electron chi connectivity index (χ1n) is 11.5. The van der Waals surface area contributed by atoms with Gasteiger partial charge in [-0.2, -0.15) is 0 Å². The second-order valence-corrected chi connectivity index (χ2v) is 14.9. The van der Waals surface area contributed by atoms with Gasteiger partial charge in [0.05, 0.1) is 13.2 Å². The van der Waals surface area contributed by atoms with Crippen LogP contribution in [0.5, 0.6) is 0 Å². The van der Waals surface area contributed by atoms with Crippen LogP contribution in [0.15, 0.2) is 61.2 Å². The Morgan fingerprint density at radius 2 is 1.77 bits per heavy atom. The van der Waals surface area contributed by atoms with Gasteiger partial charge in [-0.25, -0.2) is 15.0 Å². The number of aromatic nitrogens is 4. The molecule has 0 saturated carbocycles. The Bertz CT molecular complexity index is 1350. The fourth-order valence-electron chi connectivity index (χ4n) is 3.42. The molecule has 0 unspecified atom stereocenters. The van der Waals surface area contributed by atoms with Crippen molar-refractivity contribution >= 4 is 31.2 Å². The molecule has 4 rings (SSSR count). The molecule has 0 bridgehead atoms. The number of carbonyl (C=O) groups is 1. The van der Waals surface area contributed by atoms with E-state index in [1.54, 1.807) is 30.6 Å². The monoisotopic (exact) mass is 489 g/mol. The van der Waals surface area contributed by atoms with Gasteiger partial charge in [0.1, 0.15) is 12.7 Å². The van der Waals surface area contributed by atoms with Gasteiger partial charge in [0.2, 0.25) is 0 Å². The molecule has 2 aromatic carbocycles. The van der Waals surface area contributed by atoms with E-state index in [2.05, 4.69) is 54.1 Å². The first-order valence-corrected chi connectivity index (χ1v) is 14.4. The van der Waals surface area contributed by atoms with Gasteiger partial charge < -0.3 is 14.8 Å². The topological polar surface area (TPSA) is 102 Å². The second kappa shape index (κ2) is 9.69. The minimum Gasteiger partial charge on any atom is -0.413 e. The molecular formula is C26H31N5O3Si. The van der Waals surface area contributed by atoms with Crippen LogP contribution >= 0.6 is 0 Å². The van der Waals surface area contributed by atoms with E-state index < -0.39 is 8.32 Å². The van der Waals surface area contributed by atoms with Crippen LogP contribution in [-0.4, -0.2) is 38.9 Å². The molecule has 2 aromatic heterocycles. The third kappa shape index (κ3) is 5.32. The summed E-state index contributed by atoms with van der Waals surface area (Å²) in [5.41, 5.74) is 4.09. The summed E-state index contributed by atoms with van der Waals surface area (Å²) >= 11 is 0. The molecule has 0 saturated heterocycles. The van der Waals surface area contributed by atoms with Crippen molar-refractivity contribution in [2.75, 3.05) is 5.32 Å². The molecule has 9 heteroatoms. The number of benzene rings is 2. The number of rotatable bonds is 7. The Morgan fingerprint density at radius 1 is 1.06 bits per heavy atom. The summed E-state index contributed by atoms with van der Waals surface area (Å²) in [5, 5.41) is 12.8. The molecule has 0 aliphatic rings. The zero-order valence-corrected chi connectivity index (χ0v) is 21.7. The third-order valence-corrected chi connectivity index (χ3v) is 11.0. The quantitative estimate of drug-likeness (QED) is 0.351.